The van der Waals surface area contributed by atoms with E-state index in [1.165, 1.54) is 0 Å². The van der Waals surface area contributed by atoms with Gasteiger partial charge in [0.15, 0.2) is 0 Å². The Kier molecular flexibility index (Phi) is 3.26. The van der Waals surface area contributed by atoms with Gasteiger partial charge in [-0.3, -0.25) is 0 Å². The van der Waals surface area contributed by atoms with Crippen LogP contribution >= 0.6 is 0 Å². The third-order valence-corrected chi connectivity index (χ3v) is 1.17. The summed E-state index contributed by atoms with van der Waals surface area (Å²) in [5.41, 5.74) is 0. The van der Waals surface area contributed by atoms with Gasteiger partial charge in [-0.25, -0.2) is 0 Å². The van der Waals surface area contributed by atoms with Gasteiger partial charge in [-0.2, -0.15) is 0 Å². The maximum absolute atomic E-state index is 8.36. The Hall–Kier alpha value is -0.540. The molecule has 1 unspecified atom stereocenters. The molecule has 0 spiro atoms. The predicted octanol–water partition coefficient (Wildman–Crippen LogP) is 0.298. The Balaban J connectivity index is 1.83. The molecule has 0 aromatic rings. The highest BCUT2D eigenvalue weighted by atomic mass is 16.6. The summed E-state index contributed by atoms with van der Waals surface area (Å²) in [6.45, 7) is 1.65. The van der Waals surface area contributed by atoms with Crippen LogP contribution in [-0.2, 0) is 9.47 Å². The van der Waals surface area contributed by atoms with Crippen molar-refractivity contribution in [1.82, 2.24) is 0 Å². The highest BCUT2D eigenvalue weighted by Crippen LogP contribution is 2.08. The lowest BCUT2D eigenvalue weighted by molar-refractivity contribution is 0.210. The maximum Gasteiger partial charge on any atom is 0.116 e. The van der Waals surface area contributed by atoms with Crippen LogP contribution in [0.3, 0.4) is 0 Å². The zero-order chi connectivity index (χ0) is 7.23. The molecule has 58 valence electrons. The molecule has 3 nitrogen and oxygen atoms in total. The third-order valence-electron chi connectivity index (χ3n) is 1.17. The van der Waals surface area contributed by atoms with Gasteiger partial charge in [0.25, 0.3) is 0 Å². The van der Waals surface area contributed by atoms with E-state index >= 15 is 0 Å². The number of hydrogen-bond donors (Lipinski definition) is 1. The van der Waals surface area contributed by atoms with E-state index in [2.05, 4.69) is 0 Å². The minimum Gasteiger partial charge on any atom is -0.499 e. The van der Waals surface area contributed by atoms with Crippen molar-refractivity contribution in [2.45, 2.75) is 12.5 Å². The van der Waals surface area contributed by atoms with Crippen LogP contribution in [-0.4, -0.2) is 31.0 Å². The summed E-state index contributed by atoms with van der Waals surface area (Å²) in [4.78, 5) is 0. The van der Waals surface area contributed by atoms with Crippen LogP contribution in [0.2, 0.25) is 0 Å². The fourth-order valence-electron chi connectivity index (χ4n) is 0.538. The van der Waals surface area contributed by atoms with E-state index in [4.69, 9.17) is 14.6 Å². The minimum atomic E-state index is 0.180. The summed E-state index contributed by atoms with van der Waals surface area (Å²) in [6.07, 6.45) is 4.38. The van der Waals surface area contributed by atoms with Gasteiger partial charge in [-0.05, 0) is 12.5 Å². The number of hydrogen-bond acceptors (Lipinski definition) is 3. The van der Waals surface area contributed by atoms with Crippen LogP contribution < -0.4 is 0 Å². The zero-order valence-electron chi connectivity index (χ0n) is 5.82. The number of aliphatic hydroxyl groups is 1. The summed E-state index contributed by atoms with van der Waals surface area (Å²) in [5, 5.41) is 8.36. The standard InChI is InChI=1S/C7H12O3/c8-3-1-2-4-9-5-7-6-10-7/h2,4,7-8H,1,3,5-6H2. The Bertz CT molecular complexity index is 107. The van der Waals surface area contributed by atoms with Crippen LogP contribution in [0.15, 0.2) is 12.3 Å². The molecule has 1 heterocycles. The summed E-state index contributed by atoms with van der Waals surface area (Å²) in [6, 6.07) is 0. The second-order valence-electron chi connectivity index (χ2n) is 2.17. The third kappa shape index (κ3) is 3.48. The average Bonchev–Trinajstić information content (AvgIpc) is 2.71. The van der Waals surface area contributed by atoms with Crippen LogP contribution in [0.25, 0.3) is 0 Å². The first-order valence-corrected chi connectivity index (χ1v) is 3.42. The highest BCUT2D eigenvalue weighted by Gasteiger charge is 2.22. The number of aliphatic hydroxyl groups excluding tert-OH is 1. The monoisotopic (exact) mass is 144 g/mol. The van der Waals surface area contributed by atoms with Gasteiger partial charge in [-0.15, -0.1) is 0 Å². The molecule has 0 amide bonds. The first-order chi connectivity index (χ1) is 4.93. The molecule has 0 aliphatic carbocycles. The molecule has 0 aromatic carbocycles. The molecule has 1 aliphatic heterocycles. The van der Waals surface area contributed by atoms with Crippen LogP contribution in [0.5, 0.6) is 0 Å². The number of ether oxygens (including phenoxy) is 2. The number of rotatable bonds is 5. The molecular formula is C7H12O3. The summed E-state index contributed by atoms with van der Waals surface area (Å²) in [7, 11) is 0. The lowest BCUT2D eigenvalue weighted by Crippen LogP contribution is -1.95. The molecule has 3 heteroatoms. The average molecular weight is 144 g/mol. The van der Waals surface area contributed by atoms with Crippen molar-refractivity contribution in [3.8, 4) is 0 Å². The first kappa shape index (κ1) is 7.57. The molecule has 1 rings (SSSR count). The molecule has 1 aliphatic rings. The Morgan fingerprint density at radius 2 is 2.50 bits per heavy atom. The van der Waals surface area contributed by atoms with E-state index in [-0.39, 0.29) is 6.61 Å². The van der Waals surface area contributed by atoms with Crippen molar-refractivity contribution in [2.75, 3.05) is 19.8 Å². The fraction of sp³-hybridized carbons (Fsp3) is 0.714. The zero-order valence-corrected chi connectivity index (χ0v) is 5.82. The predicted molar refractivity (Wildman–Crippen MR) is 36.5 cm³/mol. The van der Waals surface area contributed by atoms with Crippen LogP contribution in [0, 0.1) is 0 Å². The van der Waals surface area contributed by atoms with Gasteiger partial charge in [0.2, 0.25) is 0 Å². The van der Waals surface area contributed by atoms with E-state index in [9.17, 15) is 0 Å². The molecule has 0 bridgehead atoms. The van der Waals surface area contributed by atoms with Gasteiger partial charge >= 0.3 is 0 Å². The molecule has 0 radical (unpaired) electrons. The lowest BCUT2D eigenvalue weighted by atomic mass is 10.4. The van der Waals surface area contributed by atoms with Crippen molar-refractivity contribution in [3.63, 3.8) is 0 Å². The molecule has 0 aromatic heterocycles. The second kappa shape index (κ2) is 4.30. The molecule has 1 N–H and O–H groups in total. The summed E-state index contributed by atoms with van der Waals surface area (Å²) in [5.74, 6) is 0. The Labute approximate surface area is 60.3 Å². The normalized spacial score (nSPS) is 23.5. The van der Waals surface area contributed by atoms with Crippen molar-refractivity contribution in [1.29, 1.82) is 0 Å². The molecule has 10 heavy (non-hydrogen) atoms. The smallest absolute Gasteiger partial charge is 0.116 e. The van der Waals surface area contributed by atoms with Crippen molar-refractivity contribution in [2.24, 2.45) is 0 Å². The quantitative estimate of drug-likeness (QED) is 0.445. The Morgan fingerprint density at radius 1 is 1.70 bits per heavy atom. The Morgan fingerprint density at radius 3 is 3.10 bits per heavy atom. The first-order valence-electron chi connectivity index (χ1n) is 3.42. The maximum atomic E-state index is 8.36. The highest BCUT2D eigenvalue weighted by molar-refractivity contribution is 4.75. The van der Waals surface area contributed by atoms with Crippen LogP contribution in [0.4, 0.5) is 0 Å². The lowest BCUT2D eigenvalue weighted by Gasteiger charge is -1.93. The topological polar surface area (TPSA) is 42.0 Å². The SMILES string of the molecule is OCCC=COCC1CO1. The molecule has 1 saturated heterocycles. The summed E-state index contributed by atoms with van der Waals surface area (Å²) < 4.78 is 9.95. The molecule has 0 saturated carbocycles. The van der Waals surface area contributed by atoms with Gasteiger partial charge in [0.1, 0.15) is 12.7 Å². The van der Waals surface area contributed by atoms with E-state index in [1.807, 2.05) is 0 Å². The largest absolute Gasteiger partial charge is 0.499 e. The number of epoxide rings is 1. The minimum absolute atomic E-state index is 0.180. The van der Waals surface area contributed by atoms with Gasteiger partial charge in [-0.1, -0.05) is 0 Å². The summed E-state index contributed by atoms with van der Waals surface area (Å²) >= 11 is 0. The molecular weight excluding hydrogens is 132 g/mol. The van der Waals surface area contributed by atoms with Crippen molar-refractivity contribution >= 4 is 0 Å². The van der Waals surface area contributed by atoms with E-state index in [0.29, 0.717) is 19.1 Å². The van der Waals surface area contributed by atoms with E-state index in [0.717, 1.165) is 6.61 Å². The van der Waals surface area contributed by atoms with Crippen molar-refractivity contribution < 1.29 is 14.6 Å². The van der Waals surface area contributed by atoms with Gasteiger partial charge in [0.05, 0.1) is 12.9 Å². The second-order valence-corrected chi connectivity index (χ2v) is 2.17. The fourth-order valence-corrected chi connectivity index (χ4v) is 0.538. The van der Waals surface area contributed by atoms with Crippen molar-refractivity contribution in [3.05, 3.63) is 12.3 Å². The van der Waals surface area contributed by atoms with Crippen LogP contribution in [0.1, 0.15) is 6.42 Å². The van der Waals surface area contributed by atoms with E-state index < -0.39 is 0 Å². The molecule has 1 atom stereocenters. The van der Waals surface area contributed by atoms with Gasteiger partial charge < -0.3 is 14.6 Å². The van der Waals surface area contributed by atoms with Gasteiger partial charge in [0, 0.05) is 6.61 Å². The molecule has 1 fully saturated rings. The van der Waals surface area contributed by atoms with E-state index in [1.54, 1.807) is 12.3 Å².